The third-order valence-electron chi connectivity index (χ3n) is 4.43. The average Bonchev–Trinajstić information content (AvgIpc) is 3.28. The summed E-state index contributed by atoms with van der Waals surface area (Å²) in [6.07, 6.45) is 6.90. The molecular weight excluding hydrogens is 388 g/mol. The Hall–Kier alpha value is -2.23. The first-order chi connectivity index (χ1) is 13.7. The highest BCUT2D eigenvalue weighted by molar-refractivity contribution is 7.13. The second-order valence-electron chi connectivity index (χ2n) is 8.20. The van der Waals surface area contributed by atoms with Crippen LogP contribution in [0.5, 0.6) is 0 Å². The van der Waals surface area contributed by atoms with Crippen molar-refractivity contribution in [3.63, 3.8) is 0 Å². The lowest BCUT2D eigenvalue weighted by molar-refractivity contribution is -0.125. The van der Waals surface area contributed by atoms with E-state index < -0.39 is 0 Å². The van der Waals surface area contributed by atoms with Gasteiger partial charge in [-0.05, 0) is 25.2 Å². The Morgan fingerprint density at radius 2 is 2.03 bits per heavy atom. The molecule has 8 nitrogen and oxygen atoms in total. The van der Waals surface area contributed by atoms with Crippen LogP contribution in [0.15, 0.2) is 17.9 Å². The predicted molar refractivity (Wildman–Crippen MR) is 114 cm³/mol. The molecule has 0 bridgehead atoms. The number of carbonyl (C=O) groups is 2. The van der Waals surface area contributed by atoms with Gasteiger partial charge in [-0.1, -0.05) is 20.8 Å². The van der Waals surface area contributed by atoms with Gasteiger partial charge in [0.05, 0.1) is 22.6 Å². The third kappa shape index (κ3) is 7.26. The first-order valence-electron chi connectivity index (χ1n) is 9.65. The number of thiazole rings is 1. The molecule has 1 amide bonds. The van der Waals surface area contributed by atoms with E-state index in [1.165, 1.54) is 0 Å². The number of nitrogens with zero attached hydrogens (tertiary/aromatic N) is 4. The first kappa shape index (κ1) is 23.1. The van der Waals surface area contributed by atoms with Crippen molar-refractivity contribution in [2.45, 2.75) is 59.5 Å². The maximum Gasteiger partial charge on any atom is 0.239 e. The van der Waals surface area contributed by atoms with Crippen LogP contribution in [0, 0.1) is 12.3 Å². The number of nitrogens with one attached hydrogen (secondary N) is 1. The Labute approximate surface area is 175 Å². The lowest BCUT2D eigenvalue weighted by Gasteiger charge is -2.17. The maximum atomic E-state index is 12.0. The van der Waals surface area contributed by atoms with Gasteiger partial charge in [0.25, 0.3) is 0 Å². The van der Waals surface area contributed by atoms with Crippen LogP contribution < -0.4 is 11.2 Å². The number of nitrogens with two attached hydrogens (primary N) is 1. The summed E-state index contributed by atoms with van der Waals surface area (Å²) in [6.45, 7) is 9.16. The van der Waals surface area contributed by atoms with Crippen LogP contribution in [0.1, 0.15) is 51.6 Å². The zero-order valence-corrected chi connectivity index (χ0v) is 18.3. The van der Waals surface area contributed by atoms with Crippen LogP contribution in [0.4, 0.5) is 0 Å². The molecule has 3 rings (SSSR count). The number of hydrogen-bond donors (Lipinski definition) is 2. The van der Waals surface area contributed by atoms with Crippen molar-refractivity contribution < 1.29 is 9.59 Å². The highest BCUT2D eigenvalue weighted by Crippen LogP contribution is 2.25. The highest BCUT2D eigenvalue weighted by Gasteiger charge is 2.28. The Balaban J connectivity index is 0.000000370. The predicted octanol–water partition coefficient (Wildman–Crippen LogP) is 2.48. The van der Waals surface area contributed by atoms with Gasteiger partial charge in [-0.25, -0.2) is 20.0 Å². The van der Waals surface area contributed by atoms with Gasteiger partial charge in [-0.15, -0.1) is 11.3 Å². The van der Waals surface area contributed by atoms with E-state index in [-0.39, 0.29) is 17.4 Å². The van der Waals surface area contributed by atoms with Gasteiger partial charge in [0, 0.05) is 30.9 Å². The summed E-state index contributed by atoms with van der Waals surface area (Å²) >= 11 is 1.56. The Bertz CT molecular complexity index is 800. The van der Waals surface area contributed by atoms with Gasteiger partial charge in [-0.2, -0.15) is 0 Å². The summed E-state index contributed by atoms with van der Waals surface area (Å²) in [6, 6.07) is -0.237. The average molecular weight is 419 g/mol. The summed E-state index contributed by atoms with van der Waals surface area (Å²) in [5.74, 6) is 6.29. The van der Waals surface area contributed by atoms with E-state index in [0.717, 1.165) is 41.8 Å². The molecule has 2 aromatic heterocycles. The molecule has 9 heteroatoms. The second kappa shape index (κ2) is 10.5. The molecule has 0 spiro atoms. The first-order valence-corrected chi connectivity index (χ1v) is 10.5. The van der Waals surface area contributed by atoms with Crippen LogP contribution in [-0.4, -0.2) is 44.7 Å². The molecule has 0 aromatic carbocycles. The highest BCUT2D eigenvalue weighted by atomic mass is 32.1. The zero-order chi connectivity index (χ0) is 21.4. The summed E-state index contributed by atoms with van der Waals surface area (Å²) in [4.78, 5) is 35.7. The molecule has 158 valence electrons. The monoisotopic (exact) mass is 418 g/mol. The van der Waals surface area contributed by atoms with E-state index in [1.54, 1.807) is 34.2 Å². The normalized spacial score (nSPS) is 16.8. The maximum absolute atomic E-state index is 12.0. The molecule has 0 radical (unpaired) electrons. The van der Waals surface area contributed by atoms with Crippen LogP contribution in [-0.2, 0) is 16.1 Å². The number of hydrazine groups is 1. The standard InChI is InChI=1S/C14H18N6OS.C6H12O/c1-9-13(22-8-19-9)10-5-16-12(17-6-10)7-18-14(21)11-3-2-4-20(11)15;1-6(2,3)4-5-7/h5-6,8,11H,2-4,7,15H2,1H3,(H,18,21);5H,4H2,1-3H3. The number of aromatic nitrogens is 3. The van der Waals surface area contributed by atoms with Gasteiger partial charge in [0.1, 0.15) is 18.2 Å². The molecular formula is C20H30N6O2S. The smallest absolute Gasteiger partial charge is 0.239 e. The fourth-order valence-corrected chi connectivity index (χ4v) is 3.53. The SMILES string of the molecule is CC(C)(C)CC=O.Cc1ncsc1-c1cnc(CNC(=O)C2CCCN2N)nc1. The van der Waals surface area contributed by atoms with Crippen LogP contribution in [0.2, 0.25) is 0 Å². The largest absolute Gasteiger partial charge is 0.347 e. The van der Waals surface area contributed by atoms with Crippen molar-refractivity contribution in [2.75, 3.05) is 6.54 Å². The van der Waals surface area contributed by atoms with Crippen molar-refractivity contribution in [1.29, 1.82) is 0 Å². The molecule has 1 aliphatic heterocycles. The minimum absolute atomic E-state index is 0.0639. The second-order valence-corrected chi connectivity index (χ2v) is 9.05. The number of hydrogen-bond acceptors (Lipinski definition) is 8. The Kier molecular flexibility index (Phi) is 8.36. The fourth-order valence-electron chi connectivity index (χ4n) is 2.75. The van der Waals surface area contributed by atoms with Gasteiger partial charge >= 0.3 is 0 Å². The molecule has 1 fully saturated rings. The van der Waals surface area contributed by atoms with Crippen LogP contribution in [0.25, 0.3) is 10.4 Å². The Morgan fingerprint density at radius 1 is 1.34 bits per heavy atom. The number of rotatable bonds is 5. The number of aryl methyl sites for hydroxylation is 1. The van der Waals surface area contributed by atoms with E-state index in [0.29, 0.717) is 18.8 Å². The number of aldehydes is 1. The molecule has 1 aliphatic rings. The Morgan fingerprint density at radius 3 is 2.48 bits per heavy atom. The van der Waals surface area contributed by atoms with E-state index in [9.17, 15) is 9.59 Å². The van der Waals surface area contributed by atoms with Gasteiger partial charge in [0.2, 0.25) is 5.91 Å². The van der Waals surface area contributed by atoms with Crippen molar-refractivity contribution in [3.05, 3.63) is 29.4 Å². The molecule has 29 heavy (non-hydrogen) atoms. The summed E-state index contributed by atoms with van der Waals surface area (Å²) in [7, 11) is 0. The molecule has 0 aliphatic carbocycles. The van der Waals surface area contributed by atoms with E-state index in [2.05, 4.69) is 20.3 Å². The van der Waals surface area contributed by atoms with Crippen LogP contribution in [0.3, 0.4) is 0 Å². The van der Waals surface area contributed by atoms with Crippen molar-refractivity contribution in [1.82, 2.24) is 25.3 Å². The minimum atomic E-state index is -0.237. The van der Waals surface area contributed by atoms with E-state index in [4.69, 9.17) is 5.84 Å². The zero-order valence-electron chi connectivity index (χ0n) is 17.5. The van der Waals surface area contributed by atoms with E-state index in [1.807, 2.05) is 27.7 Å². The van der Waals surface area contributed by atoms with Crippen molar-refractivity contribution in [2.24, 2.45) is 11.3 Å². The summed E-state index contributed by atoms with van der Waals surface area (Å²) in [5.41, 5.74) is 3.90. The van der Waals surface area contributed by atoms with Crippen LogP contribution >= 0.6 is 11.3 Å². The number of amides is 1. The molecule has 2 aromatic rings. The molecule has 0 saturated carbocycles. The lowest BCUT2D eigenvalue weighted by atomic mass is 9.93. The lowest BCUT2D eigenvalue weighted by Crippen LogP contribution is -2.46. The molecule has 3 heterocycles. The van der Waals surface area contributed by atoms with Gasteiger partial charge < -0.3 is 10.1 Å². The van der Waals surface area contributed by atoms with Gasteiger partial charge in [0.15, 0.2) is 0 Å². The van der Waals surface area contributed by atoms with E-state index >= 15 is 0 Å². The topological polar surface area (TPSA) is 114 Å². The van der Waals surface area contributed by atoms with Gasteiger partial charge in [-0.3, -0.25) is 10.6 Å². The fraction of sp³-hybridized carbons (Fsp3) is 0.550. The quantitative estimate of drug-likeness (QED) is 0.566. The number of carbonyl (C=O) groups excluding carboxylic acids is 2. The van der Waals surface area contributed by atoms with Crippen molar-refractivity contribution in [3.8, 4) is 10.4 Å². The molecule has 1 atom stereocenters. The minimum Gasteiger partial charge on any atom is -0.347 e. The molecule has 1 saturated heterocycles. The third-order valence-corrected chi connectivity index (χ3v) is 5.40. The summed E-state index contributed by atoms with van der Waals surface area (Å²) in [5, 5.41) is 4.43. The molecule has 1 unspecified atom stereocenters. The summed E-state index contributed by atoms with van der Waals surface area (Å²) < 4.78 is 0. The molecule has 3 N–H and O–H groups in total. The van der Waals surface area contributed by atoms with Crippen molar-refractivity contribution >= 4 is 23.5 Å².